The van der Waals surface area contributed by atoms with E-state index in [0.717, 1.165) is 11.1 Å². The number of benzene rings is 4. The molecule has 0 aliphatic rings. The molecule has 22 heteroatoms. The molecule has 8 aromatic rings. The van der Waals surface area contributed by atoms with Crippen molar-refractivity contribution in [2.24, 2.45) is 0 Å². The summed E-state index contributed by atoms with van der Waals surface area (Å²) in [7, 11) is -6.47. The van der Waals surface area contributed by atoms with Crippen molar-refractivity contribution < 1.29 is 50.7 Å². The van der Waals surface area contributed by atoms with Gasteiger partial charge in [0.05, 0.1) is 29.5 Å². The van der Waals surface area contributed by atoms with Crippen molar-refractivity contribution >= 4 is 31.7 Å². The van der Waals surface area contributed by atoms with Crippen LogP contribution >= 0.6 is 0 Å². The largest absolute Gasteiger partial charge is 0.493 e. The Hall–Kier alpha value is -8.50. The SMILES string of the molecule is [2H]C([2H])(Oc1nc(-c2ncccn2)nc(NS(=O)(=O)c2ccc(C(C)(C)C)cc2)c1Oc1ccccc1OC)C([2H])([2H])Oc1nc(-c2ncccn2)nc(NS(=O)(=O)c2ccc(C(C)(C)C)cc2)c1Oc1ccccc1OC. The smallest absolute Gasteiger partial charge is 0.264 e. The normalized spacial score (nSPS) is 13.0. The van der Waals surface area contributed by atoms with Crippen molar-refractivity contribution in [3.05, 3.63) is 145 Å². The average Bonchev–Trinajstić information content (AvgIpc) is 3.52. The zero-order valence-corrected chi connectivity index (χ0v) is 42.8. The Balaban J connectivity index is 1.29. The van der Waals surface area contributed by atoms with Crippen LogP contribution < -0.4 is 37.9 Å². The van der Waals surface area contributed by atoms with Gasteiger partial charge in [0.1, 0.15) is 13.1 Å². The van der Waals surface area contributed by atoms with Crippen LogP contribution in [0.5, 0.6) is 46.3 Å². The molecule has 20 nitrogen and oxygen atoms in total. The molecule has 0 spiro atoms. The molecule has 0 saturated heterocycles. The lowest BCUT2D eigenvalue weighted by Gasteiger charge is -2.20. The summed E-state index contributed by atoms with van der Waals surface area (Å²) in [5.74, 6) is -5.63. The fraction of sp³-hybridized carbons (Fsp3) is 0.231. The van der Waals surface area contributed by atoms with Crippen molar-refractivity contribution in [3.8, 4) is 69.6 Å². The molecule has 8 rings (SSSR count). The van der Waals surface area contributed by atoms with E-state index in [1.807, 2.05) is 41.5 Å². The second-order valence-corrected chi connectivity index (χ2v) is 21.2. The highest BCUT2D eigenvalue weighted by Gasteiger charge is 2.29. The van der Waals surface area contributed by atoms with Gasteiger partial charge in [-0.1, -0.05) is 90.1 Å². The van der Waals surface area contributed by atoms with Crippen LogP contribution in [0.1, 0.15) is 58.2 Å². The van der Waals surface area contributed by atoms with Gasteiger partial charge in [-0.15, -0.1) is 0 Å². The number of anilines is 2. The van der Waals surface area contributed by atoms with Crippen LogP contribution in [0.15, 0.2) is 144 Å². The van der Waals surface area contributed by atoms with E-state index in [9.17, 15) is 22.3 Å². The molecular formula is C52H52N10O10S2. The third-order valence-corrected chi connectivity index (χ3v) is 13.3. The minimum Gasteiger partial charge on any atom is -0.493 e. The van der Waals surface area contributed by atoms with Gasteiger partial charge in [0.2, 0.25) is 23.1 Å². The van der Waals surface area contributed by atoms with Crippen molar-refractivity contribution in [3.63, 3.8) is 0 Å². The van der Waals surface area contributed by atoms with Crippen LogP contribution in [0.2, 0.25) is 0 Å². The number of rotatable bonds is 19. The van der Waals surface area contributed by atoms with Gasteiger partial charge < -0.3 is 28.4 Å². The van der Waals surface area contributed by atoms with Gasteiger partial charge in [0.15, 0.2) is 46.3 Å². The minimum atomic E-state index is -4.58. The van der Waals surface area contributed by atoms with Crippen LogP contribution in [0.3, 0.4) is 0 Å². The fourth-order valence-electron chi connectivity index (χ4n) is 6.75. The fourth-order valence-corrected chi connectivity index (χ4v) is 8.76. The second-order valence-electron chi connectivity index (χ2n) is 17.9. The molecule has 4 heterocycles. The maximum atomic E-state index is 14.3. The molecule has 4 aromatic carbocycles. The summed E-state index contributed by atoms with van der Waals surface area (Å²) in [5.41, 5.74) is 1.03. The Labute approximate surface area is 434 Å². The van der Waals surface area contributed by atoms with E-state index in [2.05, 4.69) is 49.3 Å². The maximum Gasteiger partial charge on any atom is 0.264 e. The summed E-state index contributed by atoms with van der Waals surface area (Å²) < 4.78 is 135. The first-order valence-corrected chi connectivity index (χ1v) is 25.4. The predicted molar refractivity (Wildman–Crippen MR) is 275 cm³/mol. The number of nitrogens with zero attached hydrogens (tertiary/aromatic N) is 8. The second kappa shape index (κ2) is 21.7. The van der Waals surface area contributed by atoms with E-state index in [-0.39, 0.29) is 55.3 Å². The van der Waals surface area contributed by atoms with Crippen molar-refractivity contribution in [2.45, 2.75) is 62.2 Å². The first-order valence-electron chi connectivity index (χ1n) is 24.4. The van der Waals surface area contributed by atoms with Crippen molar-refractivity contribution in [1.29, 1.82) is 0 Å². The number of para-hydroxylation sites is 4. The highest BCUT2D eigenvalue weighted by Crippen LogP contribution is 2.44. The van der Waals surface area contributed by atoms with Gasteiger partial charge >= 0.3 is 0 Å². The van der Waals surface area contributed by atoms with Crippen molar-refractivity contribution in [1.82, 2.24) is 39.9 Å². The van der Waals surface area contributed by atoms with Gasteiger partial charge in [-0.2, -0.15) is 9.97 Å². The average molecular weight is 1050 g/mol. The summed E-state index contributed by atoms with van der Waals surface area (Å²) in [6.07, 6.45) is 5.37. The zero-order valence-electron chi connectivity index (χ0n) is 45.2. The van der Waals surface area contributed by atoms with E-state index in [1.165, 1.54) is 99.7 Å². The maximum absolute atomic E-state index is 14.3. The molecule has 0 bridgehead atoms. The minimum absolute atomic E-state index is 0.0677. The summed E-state index contributed by atoms with van der Waals surface area (Å²) in [4.78, 5) is 34.0. The third kappa shape index (κ3) is 12.2. The van der Waals surface area contributed by atoms with Crippen LogP contribution in [0, 0.1) is 0 Å². The first-order chi connectivity index (χ1) is 36.8. The molecule has 74 heavy (non-hydrogen) atoms. The molecule has 0 radical (unpaired) electrons. The molecule has 0 aliphatic heterocycles. The number of methoxy groups -OCH3 is 2. The van der Waals surface area contributed by atoms with Gasteiger partial charge in [-0.25, -0.2) is 46.7 Å². The number of hydrogen-bond acceptors (Lipinski definition) is 18. The Morgan fingerprint density at radius 1 is 0.459 bits per heavy atom. The standard InChI is InChI=1S/C52H52N10O10S2/c1-51(2,3)33-19-23-35(24-20-33)73(63,64)61-43-41(71-39-17-11-9-15-37(39)67-7)49(59-47(57-43)45-53-27-13-28-54-45)69-31-32-70-50-42(72-40-18-12-10-16-38(40)68-8)44(58-48(60-50)46-55-29-14-30-56-46)62-74(65,66)36-25-21-34(22-26-36)52(4,5)6/h9-30H,31-32H2,1-8H3,(H,57,59,61)(H,58,60,62)/i31D2,32D2. The van der Waals surface area contributed by atoms with Gasteiger partial charge in [-0.3, -0.25) is 9.44 Å². The molecule has 2 N–H and O–H groups in total. The number of aromatic nitrogens is 8. The number of ether oxygens (including phenoxy) is 6. The van der Waals surface area contributed by atoms with E-state index in [0.29, 0.717) is 0 Å². The van der Waals surface area contributed by atoms with Crippen LogP contribution in [-0.2, 0) is 30.9 Å². The molecule has 0 aliphatic carbocycles. The molecule has 0 atom stereocenters. The molecule has 0 unspecified atom stereocenters. The Bertz CT molecular complexity index is 3430. The van der Waals surface area contributed by atoms with Gasteiger partial charge in [-0.05, 0) is 82.6 Å². The molecule has 0 fully saturated rings. The first kappa shape index (κ1) is 46.6. The summed E-state index contributed by atoms with van der Waals surface area (Å²) >= 11 is 0. The number of hydrogen-bond donors (Lipinski definition) is 2. The highest BCUT2D eigenvalue weighted by atomic mass is 32.2. The Morgan fingerprint density at radius 3 is 1.12 bits per heavy atom. The van der Waals surface area contributed by atoms with Crippen molar-refractivity contribution in [2.75, 3.05) is 36.8 Å². The van der Waals surface area contributed by atoms with Gasteiger partial charge in [0.25, 0.3) is 31.8 Å². The Morgan fingerprint density at radius 2 is 0.797 bits per heavy atom. The van der Waals surface area contributed by atoms with Crippen LogP contribution in [-0.4, -0.2) is 84.0 Å². The highest BCUT2D eigenvalue weighted by molar-refractivity contribution is 7.93. The molecule has 4 aromatic heterocycles. The quantitative estimate of drug-likeness (QED) is 0.0765. The molecule has 0 saturated carbocycles. The van der Waals surface area contributed by atoms with E-state index < -0.39 is 79.7 Å². The summed E-state index contributed by atoms with van der Waals surface area (Å²) in [6.45, 7) is 4.32. The lowest BCUT2D eigenvalue weighted by Crippen LogP contribution is -2.18. The Kier molecular flexibility index (Phi) is 13.6. The van der Waals surface area contributed by atoms with E-state index in [1.54, 1.807) is 48.5 Å². The van der Waals surface area contributed by atoms with E-state index >= 15 is 0 Å². The van der Waals surface area contributed by atoms with Gasteiger partial charge in [0, 0.05) is 24.8 Å². The van der Waals surface area contributed by atoms with E-state index in [4.69, 9.17) is 28.4 Å². The summed E-state index contributed by atoms with van der Waals surface area (Å²) in [6, 6.07) is 27.5. The predicted octanol–water partition coefficient (Wildman–Crippen LogP) is 9.44. The molecule has 0 amide bonds. The monoisotopic (exact) mass is 1040 g/mol. The number of nitrogens with one attached hydrogen (secondary N) is 2. The topological polar surface area (TPSA) is 251 Å². The third-order valence-electron chi connectivity index (χ3n) is 10.6. The molecular weight excluding hydrogens is 989 g/mol. The molecule has 382 valence electrons. The lowest BCUT2D eigenvalue weighted by atomic mass is 9.87. The zero-order chi connectivity index (χ0) is 56.3. The van der Waals surface area contributed by atoms with Crippen LogP contribution in [0.4, 0.5) is 11.6 Å². The number of sulfonamides is 2. The lowest BCUT2D eigenvalue weighted by molar-refractivity contribution is 0.198. The van der Waals surface area contributed by atoms with Crippen LogP contribution in [0.25, 0.3) is 23.3 Å². The summed E-state index contributed by atoms with van der Waals surface area (Å²) in [5, 5.41) is 0.